The van der Waals surface area contributed by atoms with Crippen LogP contribution in [0, 0.1) is 13.8 Å². The van der Waals surface area contributed by atoms with E-state index in [4.69, 9.17) is 4.52 Å². The Hall–Kier alpha value is -2.68. The zero-order valence-electron chi connectivity index (χ0n) is 15.2. The monoisotopic (exact) mass is 384 g/mol. The van der Waals surface area contributed by atoms with Gasteiger partial charge in [0.05, 0.1) is 17.5 Å². The molecule has 2 aromatic heterocycles. The van der Waals surface area contributed by atoms with Crippen LogP contribution in [0.1, 0.15) is 35.9 Å². The van der Waals surface area contributed by atoms with Crippen molar-refractivity contribution in [3.05, 3.63) is 41.3 Å². The van der Waals surface area contributed by atoms with Crippen LogP contribution >= 0.6 is 11.8 Å². The lowest BCUT2D eigenvalue weighted by molar-refractivity contribution is -0.113. The van der Waals surface area contributed by atoms with Crippen LogP contribution < -0.4 is 5.32 Å². The van der Waals surface area contributed by atoms with Crippen LogP contribution in [-0.2, 0) is 10.5 Å². The molecule has 1 N–H and O–H groups in total. The molecule has 2 heterocycles. The predicted octanol–water partition coefficient (Wildman–Crippen LogP) is 3.15. The van der Waals surface area contributed by atoms with Gasteiger partial charge in [0.15, 0.2) is 5.82 Å². The first kappa shape index (κ1) is 17.7. The number of aryl methyl sites for hydroxylation is 2. The number of anilines is 1. The van der Waals surface area contributed by atoms with E-state index in [9.17, 15) is 4.79 Å². The van der Waals surface area contributed by atoms with Crippen molar-refractivity contribution < 1.29 is 9.32 Å². The van der Waals surface area contributed by atoms with Gasteiger partial charge in [-0.15, -0.1) is 16.9 Å². The third-order valence-corrected chi connectivity index (χ3v) is 5.43. The number of hydrogen-bond donors (Lipinski definition) is 1. The maximum absolute atomic E-state index is 12.2. The van der Waals surface area contributed by atoms with Crippen molar-refractivity contribution >= 4 is 23.4 Å². The van der Waals surface area contributed by atoms with Gasteiger partial charge in [0.2, 0.25) is 5.91 Å². The van der Waals surface area contributed by atoms with Gasteiger partial charge in [-0.2, -0.15) is 0 Å². The smallest absolute Gasteiger partial charge is 0.234 e. The molecule has 9 heteroatoms. The molecule has 0 unspecified atom stereocenters. The number of aromatic nitrogens is 5. The Bertz CT molecular complexity index is 926. The molecule has 1 saturated carbocycles. The summed E-state index contributed by atoms with van der Waals surface area (Å²) in [5, 5.41) is 18.8. The average Bonchev–Trinajstić information content (AvgIpc) is 3.31. The van der Waals surface area contributed by atoms with Crippen molar-refractivity contribution in [1.29, 1.82) is 0 Å². The minimum Gasteiger partial charge on any atom is -0.361 e. The molecular weight excluding hydrogens is 364 g/mol. The summed E-state index contributed by atoms with van der Waals surface area (Å²) >= 11 is 1.54. The molecule has 0 atom stereocenters. The van der Waals surface area contributed by atoms with Crippen LogP contribution in [0.2, 0.25) is 0 Å². The van der Waals surface area contributed by atoms with Crippen molar-refractivity contribution in [1.82, 2.24) is 25.4 Å². The molecule has 0 bridgehead atoms. The number of benzene rings is 1. The summed E-state index contributed by atoms with van der Waals surface area (Å²) in [6, 6.07) is 8.02. The highest BCUT2D eigenvalue weighted by atomic mass is 32.2. The van der Waals surface area contributed by atoms with Gasteiger partial charge in [-0.05, 0) is 61.4 Å². The second-order valence-corrected chi connectivity index (χ2v) is 7.58. The number of nitrogens with one attached hydrogen (secondary N) is 1. The maximum atomic E-state index is 12.2. The van der Waals surface area contributed by atoms with Crippen molar-refractivity contribution in [3.8, 4) is 11.4 Å². The molecule has 3 aromatic rings. The molecule has 0 saturated heterocycles. The minimum atomic E-state index is -0.0395. The van der Waals surface area contributed by atoms with Gasteiger partial charge in [0.1, 0.15) is 5.76 Å². The fourth-order valence-corrected chi connectivity index (χ4v) is 3.78. The number of rotatable bonds is 7. The van der Waals surface area contributed by atoms with E-state index in [1.54, 1.807) is 0 Å². The number of amides is 1. The van der Waals surface area contributed by atoms with Crippen molar-refractivity contribution in [3.63, 3.8) is 0 Å². The van der Waals surface area contributed by atoms with Gasteiger partial charge >= 0.3 is 0 Å². The molecule has 0 radical (unpaired) electrons. The van der Waals surface area contributed by atoms with E-state index < -0.39 is 0 Å². The van der Waals surface area contributed by atoms with E-state index >= 15 is 0 Å². The normalized spacial score (nSPS) is 13.7. The topological polar surface area (TPSA) is 98.7 Å². The first-order valence-corrected chi connectivity index (χ1v) is 9.95. The van der Waals surface area contributed by atoms with Crippen molar-refractivity contribution in [2.24, 2.45) is 0 Å². The minimum absolute atomic E-state index is 0.0395. The number of thioether (sulfide) groups is 1. The van der Waals surface area contributed by atoms with E-state index in [0.29, 0.717) is 17.5 Å². The van der Waals surface area contributed by atoms with Crippen LogP contribution in [0.25, 0.3) is 11.4 Å². The van der Waals surface area contributed by atoms with Gasteiger partial charge in [-0.25, -0.2) is 4.68 Å². The number of nitrogens with zero attached hydrogens (tertiary/aromatic N) is 5. The Morgan fingerprint density at radius 1 is 1.30 bits per heavy atom. The van der Waals surface area contributed by atoms with Crippen molar-refractivity contribution in [2.45, 2.75) is 38.5 Å². The summed E-state index contributed by atoms with van der Waals surface area (Å²) < 4.78 is 7.01. The SMILES string of the molecule is Cc1noc(C)c1CSCC(=O)Nc1ccc(-c2nnnn2C2CC2)cc1. The molecule has 1 aliphatic carbocycles. The highest BCUT2D eigenvalue weighted by Crippen LogP contribution is 2.36. The van der Waals surface area contributed by atoms with Gasteiger partial charge < -0.3 is 9.84 Å². The number of carbonyl (C=O) groups is 1. The molecular formula is C18H20N6O2S. The highest BCUT2D eigenvalue weighted by molar-refractivity contribution is 7.99. The highest BCUT2D eigenvalue weighted by Gasteiger charge is 2.28. The second-order valence-electron chi connectivity index (χ2n) is 6.60. The molecule has 27 heavy (non-hydrogen) atoms. The Morgan fingerprint density at radius 3 is 2.74 bits per heavy atom. The number of tetrazole rings is 1. The standard InChI is InChI=1S/C18H20N6O2S/c1-11-16(12(2)26-21-11)9-27-10-17(25)19-14-5-3-13(4-6-14)18-20-22-23-24(18)15-7-8-15/h3-6,15H,7-10H2,1-2H3,(H,19,25). The lowest BCUT2D eigenvalue weighted by Crippen LogP contribution is -2.14. The summed E-state index contributed by atoms with van der Waals surface area (Å²) in [4.78, 5) is 12.2. The first-order valence-electron chi connectivity index (χ1n) is 8.79. The van der Waals surface area contributed by atoms with E-state index in [2.05, 4.69) is 26.0 Å². The van der Waals surface area contributed by atoms with Gasteiger partial charge in [-0.3, -0.25) is 4.79 Å². The Labute approximate surface area is 160 Å². The summed E-state index contributed by atoms with van der Waals surface area (Å²) in [5.41, 5.74) is 3.64. The van der Waals surface area contributed by atoms with Crippen LogP contribution in [0.3, 0.4) is 0 Å². The Morgan fingerprint density at radius 2 is 2.07 bits per heavy atom. The van der Waals surface area contributed by atoms with Gasteiger partial charge in [0, 0.05) is 22.6 Å². The maximum Gasteiger partial charge on any atom is 0.234 e. The molecule has 0 spiro atoms. The van der Waals surface area contributed by atoms with E-state index in [0.717, 1.165) is 46.9 Å². The molecule has 140 valence electrons. The summed E-state index contributed by atoms with van der Waals surface area (Å²) in [7, 11) is 0. The second kappa shape index (κ2) is 7.51. The molecule has 8 nitrogen and oxygen atoms in total. The fraction of sp³-hybridized carbons (Fsp3) is 0.389. The number of hydrogen-bond acceptors (Lipinski definition) is 7. The molecule has 1 fully saturated rings. The molecule has 1 aliphatic rings. The van der Waals surface area contributed by atoms with Crippen LogP contribution in [0.15, 0.2) is 28.8 Å². The van der Waals surface area contributed by atoms with Crippen molar-refractivity contribution in [2.75, 3.05) is 11.1 Å². The molecule has 1 aromatic carbocycles. The molecule has 0 aliphatic heterocycles. The van der Waals surface area contributed by atoms with E-state index in [1.165, 1.54) is 11.8 Å². The lowest BCUT2D eigenvalue weighted by Gasteiger charge is -2.07. The van der Waals surface area contributed by atoms with Gasteiger partial charge in [-0.1, -0.05) is 5.16 Å². The first-order chi connectivity index (χ1) is 13.1. The zero-order valence-corrected chi connectivity index (χ0v) is 16.0. The lowest BCUT2D eigenvalue weighted by atomic mass is 10.2. The summed E-state index contributed by atoms with van der Waals surface area (Å²) in [6.07, 6.45) is 2.25. The van der Waals surface area contributed by atoms with E-state index in [-0.39, 0.29) is 5.91 Å². The quantitative estimate of drug-likeness (QED) is 0.668. The predicted molar refractivity (Wildman–Crippen MR) is 102 cm³/mol. The third kappa shape index (κ3) is 4.02. The average molecular weight is 384 g/mol. The van der Waals surface area contributed by atoms with Crippen LogP contribution in [0.4, 0.5) is 5.69 Å². The summed E-state index contributed by atoms with van der Waals surface area (Å²) in [6.45, 7) is 3.80. The number of carbonyl (C=O) groups excluding carboxylic acids is 1. The molecule has 1 amide bonds. The van der Waals surface area contributed by atoms with E-state index in [1.807, 2.05) is 42.8 Å². The van der Waals surface area contributed by atoms with Crippen LogP contribution in [-0.4, -0.2) is 37.0 Å². The molecule has 4 rings (SSSR count). The zero-order chi connectivity index (χ0) is 18.8. The largest absolute Gasteiger partial charge is 0.361 e. The fourth-order valence-electron chi connectivity index (χ4n) is 2.80. The Balaban J connectivity index is 1.31. The summed E-state index contributed by atoms with van der Waals surface area (Å²) in [5.74, 6) is 2.61. The third-order valence-electron chi connectivity index (χ3n) is 4.47. The van der Waals surface area contributed by atoms with Gasteiger partial charge in [0.25, 0.3) is 0 Å². The Kier molecular flexibility index (Phi) is 4.93. The van der Waals surface area contributed by atoms with Crippen LogP contribution in [0.5, 0.6) is 0 Å².